The van der Waals surface area contributed by atoms with Gasteiger partial charge in [0.1, 0.15) is 5.75 Å². The van der Waals surface area contributed by atoms with E-state index in [1.165, 1.54) is 16.4 Å². The molecule has 0 spiro atoms. The Morgan fingerprint density at radius 1 is 0.806 bits per heavy atom. The molecule has 0 aliphatic heterocycles. The second-order valence-corrected chi connectivity index (χ2v) is 11.4. The second kappa shape index (κ2) is 9.98. The first-order chi connectivity index (χ1) is 14.7. The van der Waals surface area contributed by atoms with E-state index < -0.39 is 0 Å². The first-order valence-electron chi connectivity index (χ1n) is 11.2. The number of phenolic OH excluding ortho intramolecular Hbond substituents is 1. The van der Waals surface area contributed by atoms with Gasteiger partial charge in [-0.25, -0.2) is 0 Å². The standard InChI is InChI=1S/C28H36NOP/c1-6-28(5,31-25-18-11-10-15-23(25)20-29-27(2,3)4)24-17-12-16-22(26(24)30)19-21-13-8-7-9-14-21/h7-18,29-31H,6,19-20H2,1-5H3. The van der Waals surface area contributed by atoms with Gasteiger partial charge in [-0.3, -0.25) is 0 Å². The van der Waals surface area contributed by atoms with Gasteiger partial charge in [0.15, 0.2) is 0 Å². The van der Waals surface area contributed by atoms with Crippen LogP contribution >= 0.6 is 8.58 Å². The smallest absolute Gasteiger partial charge is 0.123 e. The van der Waals surface area contributed by atoms with Crippen molar-refractivity contribution in [1.82, 2.24) is 5.32 Å². The predicted octanol–water partition coefficient (Wildman–Crippen LogP) is 6.50. The molecule has 0 radical (unpaired) electrons. The minimum atomic E-state index is -0.116. The van der Waals surface area contributed by atoms with E-state index in [0.717, 1.165) is 30.5 Å². The van der Waals surface area contributed by atoms with Crippen molar-refractivity contribution in [1.29, 1.82) is 0 Å². The minimum absolute atomic E-state index is 0.0777. The van der Waals surface area contributed by atoms with Gasteiger partial charge in [-0.05, 0) is 49.2 Å². The fourth-order valence-corrected chi connectivity index (χ4v) is 5.41. The van der Waals surface area contributed by atoms with Crippen molar-refractivity contribution >= 4 is 13.9 Å². The molecule has 31 heavy (non-hydrogen) atoms. The molecule has 0 amide bonds. The van der Waals surface area contributed by atoms with Crippen molar-refractivity contribution in [2.45, 2.75) is 64.7 Å². The van der Waals surface area contributed by atoms with Gasteiger partial charge in [-0.2, -0.15) is 0 Å². The molecule has 3 aromatic rings. The Labute approximate surface area is 189 Å². The van der Waals surface area contributed by atoms with Gasteiger partial charge in [-0.1, -0.05) is 95.2 Å². The first kappa shape index (κ1) is 23.5. The lowest BCUT2D eigenvalue weighted by molar-refractivity contribution is 0.425. The van der Waals surface area contributed by atoms with Crippen molar-refractivity contribution in [2.24, 2.45) is 0 Å². The molecule has 0 aromatic heterocycles. The molecular formula is C28H36NOP. The van der Waals surface area contributed by atoms with Gasteiger partial charge in [0, 0.05) is 29.2 Å². The fraction of sp³-hybridized carbons (Fsp3) is 0.357. The third-order valence-electron chi connectivity index (χ3n) is 5.90. The summed E-state index contributed by atoms with van der Waals surface area (Å²) in [6, 6.07) is 25.3. The zero-order valence-electron chi connectivity index (χ0n) is 19.5. The zero-order chi connectivity index (χ0) is 22.5. The van der Waals surface area contributed by atoms with Gasteiger partial charge in [0.25, 0.3) is 0 Å². The highest BCUT2D eigenvalue weighted by Gasteiger charge is 2.30. The van der Waals surface area contributed by atoms with Crippen molar-refractivity contribution in [3.8, 4) is 5.75 Å². The Morgan fingerprint density at radius 3 is 2.13 bits per heavy atom. The van der Waals surface area contributed by atoms with E-state index in [4.69, 9.17) is 0 Å². The summed E-state index contributed by atoms with van der Waals surface area (Å²) in [5, 5.41) is 16.1. The van der Waals surface area contributed by atoms with Crippen LogP contribution in [0.4, 0.5) is 0 Å². The average molecular weight is 434 g/mol. The van der Waals surface area contributed by atoms with E-state index in [-0.39, 0.29) is 10.7 Å². The molecule has 0 heterocycles. The third kappa shape index (κ3) is 6.19. The van der Waals surface area contributed by atoms with Crippen LogP contribution in [0, 0.1) is 0 Å². The van der Waals surface area contributed by atoms with Gasteiger partial charge < -0.3 is 10.4 Å². The summed E-state index contributed by atoms with van der Waals surface area (Å²) in [5.41, 5.74) is 4.69. The van der Waals surface area contributed by atoms with Gasteiger partial charge in [-0.15, -0.1) is 0 Å². The lowest BCUT2D eigenvalue weighted by atomic mass is 9.92. The molecule has 164 valence electrons. The van der Waals surface area contributed by atoms with Crippen LogP contribution in [-0.4, -0.2) is 10.6 Å². The Balaban J connectivity index is 1.90. The molecule has 3 heteroatoms. The highest BCUT2D eigenvalue weighted by Crippen LogP contribution is 2.48. The second-order valence-electron chi connectivity index (χ2n) is 9.55. The maximum Gasteiger partial charge on any atom is 0.123 e. The van der Waals surface area contributed by atoms with Crippen molar-refractivity contribution in [2.75, 3.05) is 0 Å². The number of nitrogens with one attached hydrogen (secondary N) is 1. The van der Waals surface area contributed by atoms with Crippen LogP contribution in [-0.2, 0) is 18.1 Å². The molecule has 0 saturated heterocycles. The number of phenols is 1. The third-order valence-corrected chi connectivity index (χ3v) is 7.83. The maximum atomic E-state index is 11.3. The summed E-state index contributed by atoms with van der Waals surface area (Å²) in [6.45, 7) is 12.0. The van der Waals surface area contributed by atoms with Gasteiger partial charge >= 0.3 is 0 Å². The number of hydrogen-bond donors (Lipinski definition) is 2. The summed E-state index contributed by atoms with van der Waals surface area (Å²) in [7, 11) is 0.579. The van der Waals surface area contributed by atoms with E-state index in [2.05, 4.69) is 101 Å². The number of rotatable bonds is 8. The molecule has 0 aliphatic rings. The molecule has 2 atom stereocenters. The van der Waals surface area contributed by atoms with Crippen LogP contribution in [0.3, 0.4) is 0 Å². The highest BCUT2D eigenvalue weighted by atomic mass is 31.1. The van der Waals surface area contributed by atoms with Crippen LogP contribution in [0.1, 0.15) is 63.3 Å². The predicted molar refractivity (Wildman–Crippen MR) is 136 cm³/mol. The molecular weight excluding hydrogens is 397 g/mol. The number of hydrogen-bond acceptors (Lipinski definition) is 2. The monoisotopic (exact) mass is 433 g/mol. The number of aromatic hydroxyl groups is 1. The summed E-state index contributed by atoms with van der Waals surface area (Å²) in [5.74, 6) is 0.452. The molecule has 0 bridgehead atoms. The SMILES string of the molecule is CCC(C)(Pc1ccccc1CNC(C)(C)C)c1cccc(Cc2ccccc2)c1O. The highest BCUT2D eigenvalue weighted by molar-refractivity contribution is 7.48. The molecule has 3 aromatic carbocycles. The van der Waals surface area contributed by atoms with Crippen LogP contribution < -0.4 is 10.6 Å². The Hall–Kier alpha value is -2.15. The van der Waals surface area contributed by atoms with Crippen molar-refractivity contribution in [3.05, 3.63) is 95.1 Å². The van der Waals surface area contributed by atoms with Crippen LogP contribution in [0.2, 0.25) is 0 Å². The van der Waals surface area contributed by atoms with E-state index in [0.29, 0.717) is 14.3 Å². The Morgan fingerprint density at radius 2 is 1.45 bits per heavy atom. The fourth-order valence-electron chi connectivity index (χ4n) is 3.80. The molecule has 2 unspecified atom stereocenters. The molecule has 2 nitrogen and oxygen atoms in total. The summed E-state index contributed by atoms with van der Waals surface area (Å²) in [6.07, 6.45) is 1.71. The van der Waals surface area contributed by atoms with Crippen molar-refractivity contribution < 1.29 is 5.11 Å². The minimum Gasteiger partial charge on any atom is -0.507 e. The molecule has 2 N–H and O–H groups in total. The summed E-state index contributed by atoms with van der Waals surface area (Å²) < 4.78 is 0. The first-order valence-corrected chi connectivity index (χ1v) is 12.2. The average Bonchev–Trinajstić information content (AvgIpc) is 2.74. The largest absolute Gasteiger partial charge is 0.507 e. The van der Waals surface area contributed by atoms with Crippen molar-refractivity contribution in [3.63, 3.8) is 0 Å². The topological polar surface area (TPSA) is 32.3 Å². The number of para-hydroxylation sites is 1. The van der Waals surface area contributed by atoms with Gasteiger partial charge in [0.2, 0.25) is 0 Å². The van der Waals surface area contributed by atoms with Crippen LogP contribution in [0.5, 0.6) is 5.75 Å². The van der Waals surface area contributed by atoms with E-state index >= 15 is 0 Å². The van der Waals surface area contributed by atoms with Crippen LogP contribution in [0.25, 0.3) is 0 Å². The molecule has 0 aliphatic carbocycles. The molecule has 3 rings (SSSR count). The number of benzene rings is 3. The van der Waals surface area contributed by atoms with Gasteiger partial charge in [0.05, 0.1) is 0 Å². The Kier molecular flexibility index (Phi) is 7.57. The summed E-state index contributed by atoms with van der Waals surface area (Å²) in [4.78, 5) is 0. The molecule has 0 saturated carbocycles. The maximum absolute atomic E-state index is 11.3. The normalized spacial score (nSPS) is 14.1. The van der Waals surface area contributed by atoms with Crippen LogP contribution in [0.15, 0.2) is 72.8 Å². The van der Waals surface area contributed by atoms with E-state index in [1.807, 2.05) is 12.1 Å². The quantitative estimate of drug-likeness (QED) is 0.397. The van der Waals surface area contributed by atoms with E-state index in [1.54, 1.807) is 0 Å². The Bertz CT molecular complexity index is 993. The summed E-state index contributed by atoms with van der Waals surface area (Å²) >= 11 is 0. The molecule has 0 fully saturated rings. The lowest BCUT2D eigenvalue weighted by Crippen LogP contribution is -2.36. The lowest BCUT2D eigenvalue weighted by Gasteiger charge is -2.32. The zero-order valence-corrected chi connectivity index (χ0v) is 20.5. The van der Waals surface area contributed by atoms with E-state index in [9.17, 15) is 5.11 Å².